The van der Waals surface area contributed by atoms with E-state index in [4.69, 9.17) is 4.42 Å². The molecule has 5 heteroatoms. The Balaban J connectivity index is 2.05. The van der Waals surface area contributed by atoms with Gasteiger partial charge in [-0.25, -0.2) is 0 Å². The molecule has 28 heavy (non-hydrogen) atoms. The maximum Gasteiger partial charge on any atom is 0.192 e. The monoisotopic (exact) mass is 376 g/mol. The molecule has 0 aliphatic carbocycles. The second kappa shape index (κ2) is 7.24. The van der Waals surface area contributed by atoms with E-state index in [1.165, 1.54) is 12.3 Å². The SMILES string of the molecule is CCN(CC)CCn1c2ccc(C(C)=O)cc2c2c3occc(=O)c3ccc21. The van der Waals surface area contributed by atoms with Crippen molar-refractivity contribution in [3.8, 4) is 0 Å². The van der Waals surface area contributed by atoms with E-state index in [1.54, 1.807) is 6.92 Å². The molecule has 2 aromatic carbocycles. The molecular weight excluding hydrogens is 352 g/mol. The van der Waals surface area contributed by atoms with Gasteiger partial charge in [-0.15, -0.1) is 0 Å². The molecule has 0 atom stereocenters. The summed E-state index contributed by atoms with van der Waals surface area (Å²) < 4.78 is 8.05. The van der Waals surface area contributed by atoms with Gasteiger partial charge < -0.3 is 13.9 Å². The quantitative estimate of drug-likeness (QED) is 0.467. The van der Waals surface area contributed by atoms with Crippen molar-refractivity contribution in [2.75, 3.05) is 19.6 Å². The van der Waals surface area contributed by atoms with E-state index in [9.17, 15) is 9.59 Å². The summed E-state index contributed by atoms with van der Waals surface area (Å²) in [7, 11) is 0. The van der Waals surface area contributed by atoms with Gasteiger partial charge in [-0.1, -0.05) is 13.8 Å². The average Bonchev–Trinajstić information content (AvgIpc) is 3.02. The molecule has 0 fully saturated rings. The van der Waals surface area contributed by atoms with E-state index >= 15 is 0 Å². The van der Waals surface area contributed by atoms with Gasteiger partial charge in [0.15, 0.2) is 11.2 Å². The Morgan fingerprint density at radius 2 is 1.79 bits per heavy atom. The van der Waals surface area contributed by atoms with Gasteiger partial charge in [0.1, 0.15) is 5.58 Å². The molecular formula is C23H24N2O3. The predicted molar refractivity (Wildman–Crippen MR) is 113 cm³/mol. The summed E-state index contributed by atoms with van der Waals surface area (Å²) in [6.45, 7) is 9.65. The zero-order valence-corrected chi connectivity index (χ0v) is 16.5. The number of nitrogens with zero attached hydrogens (tertiary/aromatic N) is 2. The molecule has 144 valence electrons. The largest absolute Gasteiger partial charge is 0.463 e. The molecule has 4 rings (SSSR count). The van der Waals surface area contributed by atoms with E-state index in [1.807, 2.05) is 30.3 Å². The summed E-state index contributed by atoms with van der Waals surface area (Å²) in [5.41, 5.74) is 3.24. The van der Waals surface area contributed by atoms with Crippen molar-refractivity contribution in [2.45, 2.75) is 27.3 Å². The van der Waals surface area contributed by atoms with Crippen molar-refractivity contribution in [1.82, 2.24) is 9.47 Å². The van der Waals surface area contributed by atoms with Gasteiger partial charge >= 0.3 is 0 Å². The Morgan fingerprint density at radius 3 is 2.50 bits per heavy atom. The number of aromatic nitrogens is 1. The highest BCUT2D eigenvalue weighted by molar-refractivity contribution is 6.19. The van der Waals surface area contributed by atoms with Crippen LogP contribution in [0, 0.1) is 0 Å². The van der Waals surface area contributed by atoms with Gasteiger partial charge in [-0.3, -0.25) is 9.59 Å². The van der Waals surface area contributed by atoms with Gasteiger partial charge in [-0.2, -0.15) is 0 Å². The third kappa shape index (κ3) is 2.92. The number of hydrogen-bond acceptors (Lipinski definition) is 4. The Bertz CT molecular complexity index is 1250. The molecule has 0 N–H and O–H groups in total. The zero-order chi connectivity index (χ0) is 19.8. The predicted octanol–water partition coefficient (Wildman–Crippen LogP) is 4.45. The summed E-state index contributed by atoms with van der Waals surface area (Å²) in [6.07, 6.45) is 1.44. The maximum absolute atomic E-state index is 12.3. The Kier molecular flexibility index (Phi) is 4.77. The number of benzene rings is 2. The number of rotatable bonds is 6. The van der Waals surface area contributed by atoms with Crippen LogP contribution in [0.2, 0.25) is 0 Å². The average molecular weight is 376 g/mol. The minimum absolute atomic E-state index is 0.0210. The lowest BCUT2D eigenvalue weighted by Gasteiger charge is -2.19. The smallest absolute Gasteiger partial charge is 0.192 e. The number of carbonyl (C=O) groups excluding carboxylic acids is 1. The van der Waals surface area contributed by atoms with Crippen molar-refractivity contribution in [2.24, 2.45) is 0 Å². The second-order valence-electron chi connectivity index (χ2n) is 7.09. The summed E-state index contributed by atoms with van der Waals surface area (Å²) in [6, 6.07) is 11.1. The first kappa shape index (κ1) is 18.4. The van der Waals surface area contributed by atoms with Crippen LogP contribution in [0.3, 0.4) is 0 Å². The number of carbonyl (C=O) groups is 1. The molecule has 0 aliphatic heterocycles. The fraction of sp³-hybridized carbons (Fsp3) is 0.304. The first-order chi connectivity index (χ1) is 13.5. The highest BCUT2D eigenvalue weighted by atomic mass is 16.3. The number of ketones is 1. The minimum Gasteiger partial charge on any atom is -0.463 e. The first-order valence-electron chi connectivity index (χ1n) is 9.75. The van der Waals surface area contributed by atoms with E-state index in [2.05, 4.69) is 23.3 Å². The maximum atomic E-state index is 12.3. The molecule has 0 radical (unpaired) electrons. The molecule has 2 heterocycles. The lowest BCUT2D eigenvalue weighted by Crippen LogP contribution is -2.26. The number of Topliss-reactive ketones (excluding diaryl/α,β-unsaturated/α-hetero) is 1. The van der Waals surface area contributed by atoms with Crippen molar-refractivity contribution < 1.29 is 9.21 Å². The van der Waals surface area contributed by atoms with Gasteiger partial charge in [0, 0.05) is 35.6 Å². The summed E-state index contributed by atoms with van der Waals surface area (Å²) >= 11 is 0. The lowest BCUT2D eigenvalue weighted by molar-refractivity contribution is 0.101. The third-order valence-corrected chi connectivity index (χ3v) is 5.59. The van der Waals surface area contributed by atoms with E-state index in [0.717, 1.165) is 48.0 Å². The van der Waals surface area contributed by atoms with Crippen LogP contribution in [-0.4, -0.2) is 34.9 Å². The number of likely N-dealkylation sites (N-methyl/N-ethyl adjacent to an activating group) is 1. The van der Waals surface area contributed by atoms with Crippen LogP contribution in [0.15, 0.2) is 51.9 Å². The molecule has 0 amide bonds. The van der Waals surface area contributed by atoms with Crippen LogP contribution in [0.4, 0.5) is 0 Å². The lowest BCUT2D eigenvalue weighted by atomic mass is 10.1. The Labute approximate surface area is 163 Å². The number of fused-ring (bicyclic) bond motifs is 5. The van der Waals surface area contributed by atoms with Crippen LogP contribution in [-0.2, 0) is 6.54 Å². The van der Waals surface area contributed by atoms with Crippen molar-refractivity contribution in [1.29, 1.82) is 0 Å². The first-order valence-corrected chi connectivity index (χ1v) is 9.75. The van der Waals surface area contributed by atoms with E-state index < -0.39 is 0 Å². The van der Waals surface area contributed by atoms with E-state index in [-0.39, 0.29) is 11.2 Å². The topological polar surface area (TPSA) is 55.5 Å². The summed E-state index contributed by atoms with van der Waals surface area (Å²) in [5, 5.41) is 2.40. The van der Waals surface area contributed by atoms with E-state index in [0.29, 0.717) is 16.5 Å². The molecule has 2 aromatic heterocycles. The van der Waals surface area contributed by atoms with Crippen LogP contribution in [0.5, 0.6) is 0 Å². The normalized spacial score (nSPS) is 11.9. The third-order valence-electron chi connectivity index (χ3n) is 5.59. The zero-order valence-electron chi connectivity index (χ0n) is 16.5. The van der Waals surface area contributed by atoms with Gasteiger partial charge in [0.2, 0.25) is 0 Å². The molecule has 0 aliphatic rings. The Hall–Kier alpha value is -2.92. The van der Waals surface area contributed by atoms with Crippen molar-refractivity contribution in [3.05, 3.63) is 58.4 Å². The minimum atomic E-state index is -0.0603. The molecule has 0 bridgehead atoms. The number of hydrogen-bond donors (Lipinski definition) is 0. The summed E-state index contributed by atoms with van der Waals surface area (Å²) in [5.74, 6) is 0.0210. The van der Waals surface area contributed by atoms with Gasteiger partial charge in [0.05, 0.1) is 22.6 Å². The molecule has 0 saturated carbocycles. The van der Waals surface area contributed by atoms with Crippen molar-refractivity contribution in [3.63, 3.8) is 0 Å². The molecule has 0 saturated heterocycles. The molecule has 4 aromatic rings. The van der Waals surface area contributed by atoms with Crippen LogP contribution in [0.25, 0.3) is 32.8 Å². The highest BCUT2D eigenvalue weighted by Crippen LogP contribution is 2.34. The standard InChI is InChI=1S/C23H24N2O3/c1-4-24(5-2)11-12-25-19-8-6-16(15(3)26)14-18(19)22-20(25)9-7-17-21(27)10-13-28-23(17)22/h6-10,13-14H,4-5,11-12H2,1-3H3. The molecule has 0 unspecified atom stereocenters. The molecule has 0 spiro atoms. The second-order valence-corrected chi connectivity index (χ2v) is 7.09. The van der Waals surface area contributed by atoms with Crippen LogP contribution >= 0.6 is 0 Å². The Morgan fingerprint density at radius 1 is 1.04 bits per heavy atom. The van der Waals surface area contributed by atoms with Gasteiger partial charge in [0.25, 0.3) is 0 Å². The highest BCUT2D eigenvalue weighted by Gasteiger charge is 2.17. The van der Waals surface area contributed by atoms with Crippen LogP contribution in [0.1, 0.15) is 31.1 Å². The van der Waals surface area contributed by atoms with Gasteiger partial charge in [-0.05, 0) is 50.3 Å². The summed E-state index contributed by atoms with van der Waals surface area (Å²) in [4.78, 5) is 26.6. The van der Waals surface area contributed by atoms with Crippen molar-refractivity contribution >= 4 is 38.6 Å². The van der Waals surface area contributed by atoms with Crippen LogP contribution < -0.4 is 5.43 Å². The fourth-order valence-corrected chi connectivity index (χ4v) is 3.97. The fourth-order valence-electron chi connectivity index (χ4n) is 3.97. The molecule has 5 nitrogen and oxygen atoms in total.